The number of benzene rings is 3. The van der Waals surface area contributed by atoms with E-state index in [9.17, 15) is 14.9 Å². The lowest BCUT2D eigenvalue weighted by atomic mass is 9.78. The van der Waals surface area contributed by atoms with Gasteiger partial charge in [0.2, 0.25) is 6.54 Å². The number of carbonyl (C=O) groups excluding carboxylic acids is 1. The van der Waals surface area contributed by atoms with Crippen molar-refractivity contribution in [2.75, 3.05) is 6.54 Å². The summed E-state index contributed by atoms with van der Waals surface area (Å²) in [5.74, 6) is -1.75. The Morgan fingerprint density at radius 2 is 1.65 bits per heavy atom. The fraction of sp³-hybridized carbons (Fsp3) is 0.130. The summed E-state index contributed by atoms with van der Waals surface area (Å²) in [5.41, 5.74) is -2.64. The number of rotatable bonds is 7. The van der Waals surface area contributed by atoms with E-state index in [1.54, 1.807) is 60.7 Å². The van der Waals surface area contributed by atoms with E-state index in [4.69, 9.17) is 4.74 Å². The average Bonchev–Trinajstić information content (AvgIpc) is 3.08. The van der Waals surface area contributed by atoms with Gasteiger partial charge in [0.15, 0.2) is 0 Å². The highest BCUT2D eigenvalue weighted by molar-refractivity contribution is 6.21. The van der Waals surface area contributed by atoms with Crippen molar-refractivity contribution in [3.63, 3.8) is 0 Å². The summed E-state index contributed by atoms with van der Waals surface area (Å²) in [7, 11) is 0. The summed E-state index contributed by atoms with van der Waals surface area (Å²) in [6.45, 7) is -0.811. The molecule has 0 amide bonds. The number of oxime groups is 1. The van der Waals surface area contributed by atoms with E-state index in [1.165, 1.54) is 18.2 Å². The smallest absolute Gasteiger partial charge is 0.379 e. The first kappa shape index (κ1) is 20.2. The lowest BCUT2D eigenvalue weighted by Gasteiger charge is -2.25. The van der Waals surface area contributed by atoms with Crippen molar-refractivity contribution in [2.24, 2.45) is 5.16 Å². The van der Waals surface area contributed by atoms with E-state index in [2.05, 4.69) is 9.99 Å². The predicted molar refractivity (Wildman–Crippen MR) is 110 cm³/mol. The second-order valence-electron chi connectivity index (χ2n) is 6.95. The van der Waals surface area contributed by atoms with E-state index in [0.29, 0.717) is 17.1 Å². The molecule has 4 rings (SSSR count). The van der Waals surface area contributed by atoms with Crippen molar-refractivity contribution in [1.29, 1.82) is 0 Å². The molecular weight excluding hydrogens is 403 g/mol. The van der Waals surface area contributed by atoms with E-state index < -0.39 is 29.0 Å². The first-order valence-electron chi connectivity index (χ1n) is 9.47. The largest absolute Gasteiger partial charge is 0.457 e. The van der Waals surface area contributed by atoms with Crippen LogP contribution in [0.4, 0.5) is 4.39 Å². The van der Waals surface area contributed by atoms with Crippen LogP contribution in [-0.4, -0.2) is 28.8 Å². The molecule has 0 radical (unpaired) electrons. The van der Waals surface area contributed by atoms with Gasteiger partial charge in [-0.05, 0) is 29.8 Å². The number of para-hydroxylation sites is 1. The molecule has 0 N–H and O–H groups in total. The van der Waals surface area contributed by atoms with Crippen LogP contribution in [0, 0.1) is 10.1 Å². The summed E-state index contributed by atoms with van der Waals surface area (Å²) in [4.78, 5) is 27.8. The second kappa shape index (κ2) is 8.35. The zero-order valence-electron chi connectivity index (χ0n) is 16.2. The minimum atomic E-state index is -2.83. The third-order valence-electron chi connectivity index (χ3n) is 4.96. The highest BCUT2D eigenvalue weighted by atomic mass is 19.1. The zero-order valence-corrected chi connectivity index (χ0v) is 16.2. The SMILES string of the molecule is O=C1ON=C(c2cccc(Oc3ccccc3)c2)C1(F)C(C[N+](=O)[O-])c1ccccc1. The maximum absolute atomic E-state index is 16.4. The molecule has 0 bridgehead atoms. The number of ether oxygens (including phenoxy) is 1. The fourth-order valence-electron chi connectivity index (χ4n) is 3.51. The Balaban J connectivity index is 1.73. The number of halogens is 1. The van der Waals surface area contributed by atoms with Crippen LogP contribution >= 0.6 is 0 Å². The summed E-state index contributed by atoms with van der Waals surface area (Å²) >= 11 is 0. The molecule has 0 spiro atoms. The van der Waals surface area contributed by atoms with E-state index in [1.807, 2.05) is 6.07 Å². The average molecular weight is 420 g/mol. The number of hydrogen-bond acceptors (Lipinski definition) is 6. The van der Waals surface area contributed by atoms with Gasteiger partial charge in [-0.25, -0.2) is 9.18 Å². The van der Waals surface area contributed by atoms with E-state index in [0.717, 1.165) is 0 Å². The molecule has 2 atom stereocenters. The van der Waals surface area contributed by atoms with Gasteiger partial charge in [-0.3, -0.25) is 10.1 Å². The first-order chi connectivity index (χ1) is 15.0. The Labute approximate surface area is 176 Å². The van der Waals surface area contributed by atoms with Crippen LogP contribution in [0.25, 0.3) is 0 Å². The summed E-state index contributed by atoms with van der Waals surface area (Å²) < 4.78 is 22.1. The molecule has 0 saturated heterocycles. The van der Waals surface area contributed by atoms with Gasteiger partial charge in [0.1, 0.15) is 17.2 Å². The number of hydrogen-bond donors (Lipinski definition) is 0. The van der Waals surface area contributed by atoms with E-state index >= 15 is 4.39 Å². The lowest BCUT2D eigenvalue weighted by molar-refractivity contribution is -0.485. The molecule has 156 valence electrons. The molecule has 0 aliphatic carbocycles. The minimum Gasteiger partial charge on any atom is -0.457 e. The van der Waals surface area contributed by atoms with Crippen LogP contribution in [0.2, 0.25) is 0 Å². The fourth-order valence-corrected chi connectivity index (χ4v) is 3.51. The highest BCUT2D eigenvalue weighted by Gasteiger charge is 2.59. The number of nitrogens with zero attached hydrogens (tertiary/aromatic N) is 2. The molecule has 1 aliphatic heterocycles. The van der Waals surface area contributed by atoms with Crippen molar-refractivity contribution in [2.45, 2.75) is 11.6 Å². The molecule has 0 saturated carbocycles. The van der Waals surface area contributed by atoms with Gasteiger partial charge in [-0.2, -0.15) is 0 Å². The second-order valence-corrected chi connectivity index (χ2v) is 6.95. The Bertz CT molecular complexity index is 1140. The molecule has 1 aliphatic rings. The maximum atomic E-state index is 16.4. The predicted octanol–water partition coefficient (Wildman–Crippen LogP) is 4.51. The Kier molecular flexibility index (Phi) is 5.44. The highest BCUT2D eigenvalue weighted by Crippen LogP contribution is 2.40. The molecule has 3 aromatic rings. The number of alkyl halides is 1. The molecule has 2 unspecified atom stereocenters. The van der Waals surface area contributed by atoms with Crippen LogP contribution in [0.5, 0.6) is 11.5 Å². The topological polar surface area (TPSA) is 91.0 Å². The molecule has 0 fully saturated rings. The van der Waals surface area contributed by atoms with E-state index in [-0.39, 0.29) is 11.3 Å². The van der Waals surface area contributed by atoms with Crippen molar-refractivity contribution in [3.05, 3.63) is 106 Å². The standard InChI is InChI=1S/C23H17FN2O5/c24-23(20(15-26(28)29)16-8-3-1-4-9-16)21(25-31-22(23)27)17-10-7-13-19(14-17)30-18-11-5-2-6-12-18/h1-14,20H,15H2. The zero-order chi connectivity index (χ0) is 21.8. The Morgan fingerprint density at radius 1 is 1.00 bits per heavy atom. The van der Waals surface area contributed by atoms with Crippen LogP contribution in [0.1, 0.15) is 17.0 Å². The Morgan fingerprint density at radius 3 is 2.32 bits per heavy atom. The van der Waals surface area contributed by atoms with Crippen molar-refractivity contribution in [1.82, 2.24) is 0 Å². The first-order valence-corrected chi connectivity index (χ1v) is 9.47. The van der Waals surface area contributed by atoms with Gasteiger partial charge in [0.05, 0.1) is 5.92 Å². The van der Waals surface area contributed by atoms with Gasteiger partial charge < -0.3 is 9.57 Å². The number of nitro groups is 1. The van der Waals surface area contributed by atoms with Crippen molar-refractivity contribution in [3.8, 4) is 11.5 Å². The normalized spacial score (nSPS) is 18.7. The van der Waals surface area contributed by atoms with Crippen molar-refractivity contribution >= 4 is 11.7 Å². The maximum Gasteiger partial charge on any atom is 0.379 e. The van der Waals surface area contributed by atoms with Gasteiger partial charge >= 0.3 is 5.97 Å². The van der Waals surface area contributed by atoms with Crippen LogP contribution in [0.15, 0.2) is 90.1 Å². The summed E-state index contributed by atoms with van der Waals surface area (Å²) in [5, 5.41) is 15.0. The monoisotopic (exact) mass is 420 g/mol. The minimum absolute atomic E-state index is 0.228. The molecule has 8 heteroatoms. The Hall–Kier alpha value is -4.07. The van der Waals surface area contributed by atoms with Crippen LogP contribution in [-0.2, 0) is 9.63 Å². The molecular formula is C23H17FN2O5. The molecule has 31 heavy (non-hydrogen) atoms. The lowest BCUT2D eigenvalue weighted by Crippen LogP contribution is -2.47. The molecule has 1 heterocycles. The van der Waals surface area contributed by atoms with Gasteiger partial charge in [-0.15, -0.1) is 0 Å². The number of carbonyl (C=O) groups is 1. The van der Waals surface area contributed by atoms with Gasteiger partial charge in [0, 0.05) is 10.5 Å². The van der Waals surface area contributed by atoms with Crippen LogP contribution < -0.4 is 4.74 Å². The summed E-state index contributed by atoms with van der Waals surface area (Å²) in [6, 6.07) is 23.3. The summed E-state index contributed by atoms with van der Waals surface area (Å²) in [6.07, 6.45) is 0. The van der Waals surface area contributed by atoms with Gasteiger partial charge in [0.25, 0.3) is 5.67 Å². The van der Waals surface area contributed by atoms with Gasteiger partial charge in [-0.1, -0.05) is 65.8 Å². The molecule has 7 nitrogen and oxygen atoms in total. The molecule has 3 aromatic carbocycles. The third-order valence-corrected chi connectivity index (χ3v) is 4.96. The third kappa shape index (κ3) is 4.00. The molecule has 0 aromatic heterocycles. The van der Waals surface area contributed by atoms with Crippen molar-refractivity contribution < 1.29 is 23.7 Å². The quantitative estimate of drug-likeness (QED) is 0.319. The van der Waals surface area contributed by atoms with Crippen LogP contribution in [0.3, 0.4) is 0 Å².